The van der Waals surface area contributed by atoms with E-state index in [-0.39, 0.29) is 17.6 Å². The fourth-order valence-electron chi connectivity index (χ4n) is 3.48. The summed E-state index contributed by atoms with van der Waals surface area (Å²) in [7, 11) is 0. The van der Waals surface area contributed by atoms with Crippen LogP contribution < -0.4 is 0 Å². The van der Waals surface area contributed by atoms with Crippen LogP contribution >= 0.6 is 0 Å². The average molecular weight is 281 g/mol. The van der Waals surface area contributed by atoms with Crippen molar-refractivity contribution in [3.8, 4) is 0 Å². The third kappa shape index (κ3) is 3.81. The molecule has 1 aliphatic carbocycles. The molecule has 4 heteroatoms. The van der Waals surface area contributed by atoms with Gasteiger partial charge in [-0.15, -0.1) is 0 Å². The van der Waals surface area contributed by atoms with Gasteiger partial charge in [0.2, 0.25) is 5.91 Å². The van der Waals surface area contributed by atoms with Crippen molar-refractivity contribution in [2.75, 3.05) is 19.7 Å². The Morgan fingerprint density at radius 2 is 1.60 bits per heavy atom. The quantitative estimate of drug-likeness (QED) is 0.795. The number of hydrogen-bond acceptors (Lipinski definition) is 3. The number of Topliss-reactive ketones (excluding diaryl/α,β-unsaturated/α-hetero) is 1. The van der Waals surface area contributed by atoms with Gasteiger partial charge in [0.05, 0.1) is 6.10 Å². The highest BCUT2D eigenvalue weighted by Crippen LogP contribution is 2.29. The molecule has 0 radical (unpaired) electrons. The van der Waals surface area contributed by atoms with Gasteiger partial charge in [0.1, 0.15) is 5.78 Å². The molecular weight excluding hydrogens is 254 g/mol. The van der Waals surface area contributed by atoms with E-state index in [0.29, 0.717) is 12.0 Å². The van der Waals surface area contributed by atoms with E-state index in [1.54, 1.807) is 6.92 Å². The second-order valence-corrected chi connectivity index (χ2v) is 6.14. The Kier molecular flexibility index (Phi) is 5.58. The third-order valence-electron chi connectivity index (χ3n) is 4.81. The lowest BCUT2D eigenvalue weighted by atomic mass is 9.85. The zero-order chi connectivity index (χ0) is 14.5. The molecule has 1 aliphatic heterocycles. The zero-order valence-corrected chi connectivity index (χ0v) is 12.8. The first-order valence-electron chi connectivity index (χ1n) is 8.02. The number of carbonyl (C=O) groups is 2. The lowest BCUT2D eigenvalue weighted by Crippen LogP contribution is -2.44. The predicted octanol–water partition coefficient (Wildman–Crippen LogP) is 2.41. The van der Waals surface area contributed by atoms with E-state index in [9.17, 15) is 9.59 Å². The molecule has 1 amide bonds. The van der Waals surface area contributed by atoms with Gasteiger partial charge < -0.3 is 9.64 Å². The van der Waals surface area contributed by atoms with Gasteiger partial charge in [-0.25, -0.2) is 0 Å². The Labute approximate surface area is 121 Å². The van der Waals surface area contributed by atoms with Gasteiger partial charge in [0.25, 0.3) is 0 Å². The van der Waals surface area contributed by atoms with Gasteiger partial charge >= 0.3 is 0 Å². The van der Waals surface area contributed by atoms with Crippen molar-refractivity contribution >= 4 is 11.7 Å². The molecule has 4 nitrogen and oxygen atoms in total. The molecule has 0 N–H and O–H groups in total. The van der Waals surface area contributed by atoms with Crippen molar-refractivity contribution in [3.05, 3.63) is 0 Å². The number of ether oxygens (including phenoxy) is 1. The van der Waals surface area contributed by atoms with Crippen LogP contribution in [0.5, 0.6) is 0 Å². The minimum absolute atomic E-state index is 0.174. The molecule has 2 fully saturated rings. The first-order valence-corrected chi connectivity index (χ1v) is 8.02. The van der Waals surface area contributed by atoms with E-state index in [4.69, 9.17) is 4.74 Å². The van der Waals surface area contributed by atoms with Gasteiger partial charge in [0, 0.05) is 31.5 Å². The first kappa shape index (κ1) is 15.5. The molecule has 0 aromatic heterocycles. The van der Waals surface area contributed by atoms with Crippen LogP contribution in [0.25, 0.3) is 0 Å². The van der Waals surface area contributed by atoms with Gasteiger partial charge in [0.15, 0.2) is 0 Å². The Morgan fingerprint density at radius 1 is 1.00 bits per heavy atom. The molecule has 0 aromatic rings. The molecule has 2 aliphatic rings. The Balaban J connectivity index is 1.77. The molecule has 2 rings (SSSR count). The van der Waals surface area contributed by atoms with Gasteiger partial charge in [-0.05, 0) is 52.4 Å². The number of likely N-dealkylation sites (tertiary alicyclic amines) is 1. The number of nitrogens with zero attached hydrogens (tertiary/aromatic N) is 1. The first-order chi connectivity index (χ1) is 9.61. The van der Waals surface area contributed by atoms with Crippen LogP contribution in [0.4, 0.5) is 0 Å². The zero-order valence-electron chi connectivity index (χ0n) is 12.8. The summed E-state index contributed by atoms with van der Waals surface area (Å²) >= 11 is 0. The molecule has 1 heterocycles. The molecule has 0 aromatic carbocycles. The molecule has 114 valence electrons. The topological polar surface area (TPSA) is 46.6 Å². The average Bonchev–Trinajstić information content (AvgIpc) is 2.48. The number of piperidine rings is 1. The van der Waals surface area contributed by atoms with Crippen molar-refractivity contribution < 1.29 is 14.3 Å². The highest BCUT2D eigenvalue weighted by molar-refractivity contribution is 5.81. The Hall–Kier alpha value is -0.900. The van der Waals surface area contributed by atoms with Crippen molar-refractivity contribution in [1.29, 1.82) is 0 Å². The van der Waals surface area contributed by atoms with Crippen LogP contribution in [-0.2, 0) is 14.3 Å². The minimum atomic E-state index is 0.174. The largest absolute Gasteiger partial charge is 0.379 e. The fraction of sp³-hybridized carbons (Fsp3) is 0.875. The van der Waals surface area contributed by atoms with Crippen molar-refractivity contribution in [2.45, 2.75) is 58.5 Å². The number of rotatable bonds is 4. The molecule has 0 bridgehead atoms. The third-order valence-corrected chi connectivity index (χ3v) is 4.81. The summed E-state index contributed by atoms with van der Waals surface area (Å²) < 4.78 is 5.63. The molecule has 1 saturated heterocycles. The van der Waals surface area contributed by atoms with Crippen LogP contribution in [0.3, 0.4) is 0 Å². The van der Waals surface area contributed by atoms with E-state index in [0.717, 1.165) is 58.2 Å². The Bertz CT molecular complexity index is 340. The molecule has 0 unspecified atom stereocenters. The van der Waals surface area contributed by atoms with Crippen LogP contribution in [0.15, 0.2) is 0 Å². The minimum Gasteiger partial charge on any atom is -0.379 e. The summed E-state index contributed by atoms with van der Waals surface area (Å²) in [6.45, 7) is 5.97. The fourth-order valence-corrected chi connectivity index (χ4v) is 3.48. The van der Waals surface area contributed by atoms with E-state index < -0.39 is 0 Å². The van der Waals surface area contributed by atoms with E-state index >= 15 is 0 Å². The Morgan fingerprint density at radius 3 is 2.10 bits per heavy atom. The summed E-state index contributed by atoms with van der Waals surface area (Å²) in [5.74, 6) is 0.935. The van der Waals surface area contributed by atoms with Crippen molar-refractivity contribution in [1.82, 2.24) is 4.90 Å². The van der Waals surface area contributed by atoms with Crippen LogP contribution in [-0.4, -0.2) is 42.4 Å². The lowest BCUT2D eigenvalue weighted by Gasteiger charge is -2.35. The summed E-state index contributed by atoms with van der Waals surface area (Å²) in [5, 5.41) is 0. The molecule has 20 heavy (non-hydrogen) atoms. The number of ketones is 1. The van der Waals surface area contributed by atoms with Gasteiger partial charge in [-0.2, -0.15) is 0 Å². The highest BCUT2D eigenvalue weighted by atomic mass is 16.5. The highest BCUT2D eigenvalue weighted by Gasteiger charge is 2.32. The second-order valence-electron chi connectivity index (χ2n) is 6.14. The van der Waals surface area contributed by atoms with E-state index in [2.05, 4.69) is 0 Å². The summed E-state index contributed by atoms with van der Waals surface area (Å²) in [6, 6.07) is 0. The number of hydrogen-bond donors (Lipinski definition) is 0. The molecular formula is C16H27NO3. The maximum Gasteiger partial charge on any atom is 0.225 e. The summed E-state index contributed by atoms with van der Waals surface area (Å²) in [6.07, 6.45) is 5.96. The second kappa shape index (κ2) is 7.21. The van der Waals surface area contributed by atoms with Crippen LogP contribution in [0.2, 0.25) is 0 Å². The summed E-state index contributed by atoms with van der Waals surface area (Å²) in [4.78, 5) is 25.8. The van der Waals surface area contributed by atoms with Gasteiger partial charge in [-0.1, -0.05) is 0 Å². The van der Waals surface area contributed by atoms with E-state index in [1.807, 2.05) is 11.8 Å². The van der Waals surface area contributed by atoms with Crippen LogP contribution in [0, 0.1) is 11.8 Å². The monoisotopic (exact) mass is 281 g/mol. The molecule has 1 saturated carbocycles. The number of amides is 1. The normalized spacial score (nSPS) is 28.4. The van der Waals surface area contributed by atoms with Crippen molar-refractivity contribution in [2.24, 2.45) is 11.8 Å². The molecule has 0 atom stereocenters. The van der Waals surface area contributed by atoms with Crippen LogP contribution in [0.1, 0.15) is 52.4 Å². The van der Waals surface area contributed by atoms with E-state index in [1.165, 1.54) is 0 Å². The lowest BCUT2D eigenvalue weighted by molar-refractivity contribution is -0.140. The summed E-state index contributed by atoms with van der Waals surface area (Å²) in [5.41, 5.74) is 0. The predicted molar refractivity (Wildman–Crippen MR) is 77.4 cm³/mol. The smallest absolute Gasteiger partial charge is 0.225 e. The maximum atomic E-state index is 12.5. The molecule has 0 spiro atoms. The SMILES string of the molecule is CCOC1CCC(C(=O)N2CCC(C(C)=O)CC2)CC1. The number of carbonyl (C=O) groups excluding carboxylic acids is 2. The maximum absolute atomic E-state index is 12.5. The van der Waals surface area contributed by atoms with Gasteiger partial charge in [-0.3, -0.25) is 9.59 Å². The standard InChI is InChI=1S/C16H27NO3/c1-3-20-15-6-4-14(5-7-15)16(19)17-10-8-13(9-11-17)12(2)18/h13-15H,3-11H2,1-2H3. The van der Waals surface area contributed by atoms with Crippen molar-refractivity contribution in [3.63, 3.8) is 0 Å².